The van der Waals surface area contributed by atoms with Gasteiger partial charge in [0.1, 0.15) is 10.9 Å². The van der Waals surface area contributed by atoms with Gasteiger partial charge in [0.15, 0.2) is 6.10 Å². The molecule has 3 rings (SSSR count). The quantitative estimate of drug-likeness (QED) is 0.205. The first-order chi connectivity index (χ1) is 15.9. The van der Waals surface area contributed by atoms with Crippen molar-refractivity contribution in [3.8, 4) is 0 Å². The van der Waals surface area contributed by atoms with Crippen molar-refractivity contribution < 1.29 is 18.8 Å². The molecule has 34 heavy (non-hydrogen) atoms. The lowest BCUT2D eigenvalue weighted by Gasteiger charge is -2.30. The number of hydrogen-bond acceptors (Lipinski definition) is 7. The number of halogens is 2. The van der Waals surface area contributed by atoms with Crippen LogP contribution in [0.2, 0.25) is 0 Å². The van der Waals surface area contributed by atoms with Gasteiger partial charge in [0.2, 0.25) is 5.90 Å². The number of rotatable bonds is 11. The summed E-state index contributed by atoms with van der Waals surface area (Å²) < 4.78 is 21.0. The van der Waals surface area contributed by atoms with E-state index >= 15 is 0 Å². The Labute approximate surface area is 204 Å². The molecule has 0 aromatic carbocycles. The Morgan fingerprint density at radius 1 is 1.29 bits per heavy atom. The van der Waals surface area contributed by atoms with Crippen LogP contribution in [0.1, 0.15) is 59.4 Å². The van der Waals surface area contributed by atoms with E-state index in [0.717, 1.165) is 25.7 Å². The first-order valence-corrected chi connectivity index (χ1v) is 11.9. The van der Waals surface area contributed by atoms with Gasteiger partial charge in [-0.2, -0.15) is 9.87 Å². The van der Waals surface area contributed by atoms with Gasteiger partial charge in [0.25, 0.3) is 11.9 Å². The number of methoxy groups -OCH3 is 1. The predicted molar refractivity (Wildman–Crippen MR) is 129 cm³/mol. The van der Waals surface area contributed by atoms with Crippen LogP contribution in [0.4, 0.5) is 10.1 Å². The fraction of sp³-hybridized carbons (Fsp3) is 0.652. The van der Waals surface area contributed by atoms with Crippen molar-refractivity contribution >= 4 is 34.3 Å². The number of hydrogen-bond donors (Lipinski definition) is 4. The zero-order chi connectivity index (χ0) is 25.2. The van der Waals surface area contributed by atoms with Gasteiger partial charge in [-0.25, -0.2) is 0 Å². The molecule has 1 amide bonds. The smallest absolute Gasteiger partial charge is 0.256 e. The Hall–Kier alpha value is -2.30. The molecule has 1 heterocycles. The molecule has 2 saturated carbocycles. The molecule has 0 saturated heterocycles. The minimum Gasteiger partial charge on any atom is -0.481 e. The highest BCUT2D eigenvalue weighted by Gasteiger charge is 2.49. The number of hydroxylamine groups is 1. The SMILES string of the molecule is COC(=N)/C(=C\C(=N)Cl)C(C)n1cc(NC(=O)C(ONC(C)(C)C)C(C2CC2)C2CC2)c(F)n1. The molecule has 2 atom stereocenters. The van der Waals surface area contributed by atoms with E-state index in [1.54, 1.807) is 6.92 Å². The van der Waals surface area contributed by atoms with Crippen molar-refractivity contribution in [2.75, 3.05) is 12.4 Å². The molecule has 2 aliphatic carbocycles. The number of aromatic nitrogens is 2. The Morgan fingerprint density at radius 3 is 2.35 bits per heavy atom. The van der Waals surface area contributed by atoms with Crippen molar-refractivity contribution in [3.63, 3.8) is 0 Å². The number of carbonyl (C=O) groups is 1. The average molecular weight is 497 g/mol. The molecule has 2 aliphatic rings. The number of carbonyl (C=O) groups excluding carboxylic acids is 1. The lowest BCUT2D eigenvalue weighted by atomic mass is 9.91. The summed E-state index contributed by atoms with van der Waals surface area (Å²) in [4.78, 5) is 19.2. The van der Waals surface area contributed by atoms with Crippen molar-refractivity contribution in [2.24, 2.45) is 17.8 Å². The largest absolute Gasteiger partial charge is 0.481 e. The standard InChI is InChI=1S/C23H34ClFN6O3/c1-12(15(10-17(24)26)21(27)33-5)31-11-16(20(25)29-31)28-22(32)19(34-30-23(2,3)4)18(13-6-7-13)14-8-9-14/h10-14,18-19,26-27,30H,6-9H2,1-5H3,(H,28,32)/b15-10-,26-17?,27-21?. The van der Waals surface area contributed by atoms with Crippen LogP contribution in [0, 0.1) is 34.5 Å². The summed E-state index contributed by atoms with van der Waals surface area (Å²) in [6, 6.07) is -0.674. The zero-order valence-electron chi connectivity index (χ0n) is 20.2. The molecule has 4 N–H and O–H groups in total. The third-order valence-corrected chi connectivity index (χ3v) is 6.08. The van der Waals surface area contributed by atoms with Crippen LogP contribution >= 0.6 is 11.6 Å². The highest BCUT2D eigenvalue weighted by molar-refractivity contribution is 6.67. The van der Waals surface area contributed by atoms with Crippen molar-refractivity contribution in [2.45, 2.75) is 71.1 Å². The third kappa shape index (κ3) is 6.86. The number of nitrogens with one attached hydrogen (secondary N) is 4. The van der Waals surface area contributed by atoms with Crippen LogP contribution in [-0.4, -0.2) is 45.5 Å². The van der Waals surface area contributed by atoms with E-state index in [9.17, 15) is 9.18 Å². The summed E-state index contributed by atoms with van der Waals surface area (Å²) in [5.74, 6) is -0.542. The summed E-state index contributed by atoms with van der Waals surface area (Å²) >= 11 is 5.67. The van der Waals surface area contributed by atoms with Gasteiger partial charge in [-0.1, -0.05) is 11.6 Å². The second-order valence-electron chi connectivity index (χ2n) is 10.1. The number of ether oxygens (including phenoxy) is 1. The minimum atomic E-state index is -0.860. The molecule has 0 spiro atoms. The van der Waals surface area contributed by atoms with E-state index < -0.39 is 24.0 Å². The Morgan fingerprint density at radius 2 is 1.88 bits per heavy atom. The molecule has 9 nitrogen and oxygen atoms in total. The van der Waals surface area contributed by atoms with Crippen molar-refractivity contribution in [1.29, 1.82) is 10.8 Å². The zero-order valence-corrected chi connectivity index (χ0v) is 21.0. The maximum absolute atomic E-state index is 14.7. The van der Waals surface area contributed by atoms with Gasteiger partial charge in [-0.3, -0.25) is 25.1 Å². The number of amides is 1. The van der Waals surface area contributed by atoms with E-state index in [1.807, 2.05) is 20.8 Å². The molecule has 0 radical (unpaired) electrons. The summed E-state index contributed by atoms with van der Waals surface area (Å²) in [7, 11) is 1.32. The lowest BCUT2D eigenvalue weighted by Crippen LogP contribution is -2.47. The van der Waals surface area contributed by atoms with Crippen LogP contribution in [0.5, 0.6) is 0 Å². The molecule has 0 bridgehead atoms. The molecule has 188 valence electrons. The Balaban J connectivity index is 1.81. The summed E-state index contributed by atoms with van der Waals surface area (Å²) in [6.07, 6.45) is 6.13. The lowest BCUT2D eigenvalue weighted by molar-refractivity contribution is -0.145. The van der Waals surface area contributed by atoms with E-state index in [4.69, 9.17) is 32.0 Å². The first-order valence-electron chi connectivity index (χ1n) is 11.5. The first kappa shape index (κ1) is 26.3. The molecular weight excluding hydrogens is 463 g/mol. The molecule has 2 unspecified atom stereocenters. The molecule has 1 aromatic heterocycles. The maximum atomic E-state index is 14.7. The normalized spacial score (nSPS) is 18.5. The predicted octanol–water partition coefficient (Wildman–Crippen LogP) is 4.41. The van der Waals surface area contributed by atoms with Gasteiger partial charge >= 0.3 is 0 Å². The minimum absolute atomic E-state index is 0.0818. The molecule has 2 fully saturated rings. The molecule has 1 aromatic rings. The van der Waals surface area contributed by atoms with Crippen molar-refractivity contribution in [1.82, 2.24) is 15.3 Å². The fourth-order valence-electron chi connectivity index (χ4n) is 4.02. The van der Waals surface area contributed by atoms with Crippen LogP contribution in [-0.2, 0) is 14.4 Å². The van der Waals surface area contributed by atoms with Crippen LogP contribution < -0.4 is 10.8 Å². The summed E-state index contributed by atoms with van der Waals surface area (Å²) in [5, 5.41) is 21.7. The maximum Gasteiger partial charge on any atom is 0.256 e. The van der Waals surface area contributed by atoms with Crippen LogP contribution in [0.15, 0.2) is 17.8 Å². The monoisotopic (exact) mass is 496 g/mol. The van der Waals surface area contributed by atoms with Crippen LogP contribution in [0.3, 0.4) is 0 Å². The number of anilines is 1. The Bertz CT molecular complexity index is 952. The topological polar surface area (TPSA) is 125 Å². The van der Waals surface area contributed by atoms with E-state index in [-0.39, 0.29) is 33.8 Å². The number of nitrogens with zero attached hydrogens (tertiary/aromatic N) is 2. The van der Waals surface area contributed by atoms with Gasteiger partial charge < -0.3 is 10.1 Å². The highest BCUT2D eigenvalue weighted by Crippen LogP contribution is 2.51. The Kier molecular flexibility index (Phi) is 8.15. The number of allylic oxidation sites excluding steroid dienone is 1. The van der Waals surface area contributed by atoms with Gasteiger partial charge in [-0.05, 0) is 71.3 Å². The van der Waals surface area contributed by atoms with Gasteiger partial charge in [0.05, 0.1) is 19.3 Å². The molecule has 11 heteroatoms. The molecule has 0 aliphatic heterocycles. The third-order valence-electron chi connectivity index (χ3n) is 5.97. The molecular formula is C23H34ClFN6O3. The second-order valence-corrected chi connectivity index (χ2v) is 10.5. The summed E-state index contributed by atoms with van der Waals surface area (Å²) in [6.45, 7) is 7.49. The van der Waals surface area contributed by atoms with Gasteiger partial charge in [-0.15, -0.1) is 5.10 Å². The van der Waals surface area contributed by atoms with E-state index in [2.05, 4.69) is 15.9 Å². The second kappa shape index (κ2) is 10.5. The van der Waals surface area contributed by atoms with Crippen molar-refractivity contribution in [3.05, 3.63) is 23.8 Å². The average Bonchev–Trinajstić information content (AvgIpc) is 3.67. The highest BCUT2D eigenvalue weighted by atomic mass is 35.5. The van der Waals surface area contributed by atoms with Crippen LogP contribution in [0.25, 0.3) is 0 Å². The van der Waals surface area contributed by atoms with Gasteiger partial charge in [0, 0.05) is 17.0 Å². The summed E-state index contributed by atoms with van der Waals surface area (Å²) in [5.41, 5.74) is 2.77. The van der Waals surface area contributed by atoms with E-state index in [0.29, 0.717) is 11.8 Å². The fourth-order valence-corrected chi connectivity index (χ4v) is 4.13. The van der Waals surface area contributed by atoms with E-state index in [1.165, 1.54) is 24.1 Å².